The van der Waals surface area contributed by atoms with Crippen LogP contribution in [0.1, 0.15) is 38.7 Å². The molecule has 0 unspecified atom stereocenters. The maximum absolute atomic E-state index is 10.9. The van der Waals surface area contributed by atoms with Crippen molar-refractivity contribution in [2.24, 2.45) is 0 Å². The molecule has 0 saturated carbocycles. The zero-order chi connectivity index (χ0) is 11.3. The van der Waals surface area contributed by atoms with Gasteiger partial charge in [-0.15, -0.1) is 0 Å². The van der Waals surface area contributed by atoms with Crippen molar-refractivity contribution in [2.45, 2.75) is 39.2 Å². The SMILES string of the molecule is CC[C@H](c1ccccc1)[C@@H](C)OC(C)=O. The van der Waals surface area contributed by atoms with Crippen LogP contribution in [0, 0.1) is 0 Å². The van der Waals surface area contributed by atoms with Gasteiger partial charge in [-0.2, -0.15) is 0 Å². The smallest absolute Gasteiger partial charge is 0.302 e. The molecule has 2 atom stereocenters. The fraction of sp³-hybridized carbons (Fsp3) is 0.462. The lowest BCUT2D eigenvalue weighted by Gasteiger charge is -2.22. The van der Waals surface area contributed by atoms with E-state index in [1.807, 2.05) is 25.1 Å². The van der Waals surface area contributed by atoms with Crippen molar-refractivity contribution in [3.05, 3.63) is 35.9 Å². The highest BCUT2D eigenvalue weighted by Crippen LogP contribution is 2.24. The second kappa shape index (κ2) is 5.54. The molecule has 0 heterocycles. The van der Waals surface area contributed by atoms with Crippen LogP contribution in [-0.2, 0) is 9.53 Å². The lowest BCUT2D eigenvalue weighted by molar-refractivity contribution is -0.146. The quantitative estimate of drug-likeness (QED) is 0.707. The number of benzene rings is 1. The first kappa shape index (κ1) is 11.8. The topological polar surface area (TPSA) is 26.3 Å². The van der Waals surface area contributed by atoms with Crippen LogP contribution < -0.4 is 0 Å². The number of hydrogen-bond acceptors (Lipinski definition) is 2. The number of carbonyl (C=O) groups excluding carboxylic acids is 1. The fourth-order valence-electron chi connectivity index (χ4n) is 1.88. The standard InChI is InChI=1S/C13H18O2/c1-4-13(10(2)15-11(3)14)12-8-6-5-7-9-12/h5-10,13H,4H2,1-3H3/t10-,13+/m1/s1. The summed E-state index contributed by atoms with van der Waals surface area (Å²) >= 11 is 0. The largest absolute Gasteiger partial charge is 0.462 e. The minimum Gasteiger partial charge on any atom is -0.462 e. The molecule has 15 heavy (non-hydrogen) atoms. The summed E-state index contributed by atoms with van der Waals surface area (Å²) < 4.78 is 5.22. The summed E-state index contributed by atoms with van der Waals surface area (Å²) in [5.41, 5.74) is 1.23. The Labute approximate surface area is 91.3 Å². The van der Waals surface area contributed by atoms with E-state index in [1.54, 1.807) is 0 Å². The van der Waals surface area contributed by atoms with Crippen LogP contribution in [-0.4, -0.2) is 12.1 Å². The van der Waals surface area contributed by atoms with Gasteiger partial charge >= 0.3 is 5.97 Å². The number of ether oxygens (including phenoxy) is 1. The number of rotatable bonds is 4. The third-order valence-electron chi connectivity index (χ3n) is 2.59. The molecule has 2 heteroatoms. The van der Waals surface area contributed by atoms with Crippen molar-refractivity contribution in [3.63, 3.8) is 0 Å². The molecular formula is C13H18O2. The van der Waals surface area contributed by atoms with Crippen LogP contribution in [0.15, 0.2) is 30.3 Å². The molecule has 82 valence electrons. The van der Waals surface area contributed by atoms with Gasteiger partial charge in [-0.05, 0) is 18.9 Å². The first-order valence-corrected chi connectivity index (χ1v) is 5.37. The average molecular weight is 206 g/mol. The Bertz CT molecular complexity index is 306. The van der Waals surface area contributed by atoms with E-state index in [-0.39, 0.29) is 18.0 Å². The van der Waals surface area contributed by atoms with Crippen molar-refractivity contribution < 1.29 is 9.53 Å². The highest BCUT2D eigenvalue weighted by Gasteiger charge is 2.19. The van der Waals surface area contributed by atoms with Crippen LogP contribution in [0.3, 0.4) is 0 Å². The van der Waals surface area contributed by atoms with Gasteiger partial charge in [0.2, 0.25) is 0 Å². The summed E-state index contributed by atoms with van der Waals surface area (Å²) in [6.07, 6.45) is 0.910. The van der Waals surface area contributed by atoms with Gasteiger partial charge in [-0.1, -0.05) is 37.3 Å². The molecule has 1 aromatic rings. The molecular weight excluding hydrogens is 188 g/mol. The molecule has 0 radical (unpaired) electrons. The van der Waals surface area contributed by atoms with Crippen molar-refractivity contribution in [1.29, 1.82) is 0 Å². The van der Waals surface area contributed by atoms with E-state index in [2.05, 4.69) is 19.1 Å². The Kier molecular flexibility index (Phi) is 4.35. The minimum absolute atomic E-state index is 0.0603. The summed E-state index contributed by atoms with van der Waals surface area (Å²) in [6.45, 7) is 5.51. The summed E-state index contributed by atoms with van der Waals surface area (Å²) in [4.78, 5) is 10.9. The van der Waals surface area contributed by atoms with Crippen LogP contribution in [0.4, 0.5) is 0 Å². The van der Waals surface area contributed by atoms with Crippen molar-refractivity contribution in [3.8, 4) is 0 Å². The van der Waals surface area contributed by atoms with Crippen LogP contribution in [0.5, 0.6) is 0 Å². The second-order valence-electron chi connectivity index (χ2n) is 3.74. The lowest BCUT2D eigenvalue weighted by Crippen LogP contribution is -2.20. The molecule has 1 rings (SSSR count). The van der Waals surface area contributed by atoms with E-state index in [0.717, 1.165) is 6.42 Å². The van der Waals surface area contributed by atoms with Crippen LogP contribution in [0.2, 0.25) is 0 Å². The maximum atomic E-state index is 10.9. The van der Waals surface area contributed by atoms with Gasteiger partial charge in [0, 0.05) is 12.8 Å². The predicted molar refractivity (Wildman–Crippen MR) is 60.7 cm³/mol. The van der Waals surface area contributed by atoms with Gasteiger partial charge < -0.3 is 4.74 Å². The normalized spacial score (nSPS) is 14.3. The summed E-state index contributed by atoms with van der Waals surface area (Å²) in [6, 6.07) is 10.2. The Morgan fingerprint density at radius 3 is 2.40 bits per heavy atom. The molecule has 0 spiro atoms. The molecule has 1 aromatic carbocycles. The number of hydrogen-bond donors (Lipinski definition) is 0. The summed E-state index contributed by atoms with van der Waals surface area (Å²) in [5.74, 6) is 0.0759. The zero-order valence-corrected chi connectivity index (χ0v) is 9.57. The van der Waals surface area contributed by atoms with Gasteiger partial charge in [-0.25, -0.2) is 0 Å². The molecule has 0 amide bonds. The van der Waals surface area contributed by atoms with E-state index >= 15 is 0 Å². The van der Waals surface area contributed by atoms with Gasteiger partial charge in [0.1, 0.15) is 6.10 Å². The maximum Gasteiger partial charge on any atom is 0.302 e. The highest BCUT2D eigenvalue weighted by atomic mass is 16.5. The van der Waals surface area contributed by atoms with E-state index in [1.165, 1.54) is 12.5 Å². The third kappa shape index (κ3) is 3.39. The molecule has 0 aliphatic rings. The van der Waals surface area contributed by atoms with Gasteiger partial charge in [0.15, 0.2) is 0 Å². The van der Waals surface area contributed by atoms with E-state index in [9.17, 15) is 4.79 Å². The molecule has 0 bridgehead atoms. The van der Waals surface area contributed by atoms with Crippen LogP contribution in [0.25, 0.3) is 0 Å². The Morgan fingerprint density at radius 1 is 1.33 bits per heavy atom. The first-order chi connectivity index (χ1) is 7.15. The Morgan fingerprint density at radius 2 is 1.93 bits per heavy atom. The summed E-state index contributed by atoms with van der Waals surface area (Å²) in [5, 5.41) is 0. The molecule has 0 N–H and O–H groups in total. The lowest BCUT2D eigenvalue weighted by atomic mass is 9.92. The zero-order valence-electron chi connectivity index (χ0n) is 9.57. The molecule has 0 aromatic heterocycles. The molecule has 0 fully saturated rings. The fourth-order valence-corrected chi connectivity index (χ4v) is 1.88. The first-order valence-electron chi connectivity index (χ1n) is 5.37. The number of carbonyl (C=O) groups is 1. The Hall–Kier alpha value is -1.31. The highest BCUT2D eigenvalue weighted by molar-refractivity contribution is 5.66. The molecule has 0 aliphatic heterocycles. The van der Waals surface area contributed by atoms with Crippen LogP contribution >= 0.6 is 0 Å². The summed E-state index contributed by atoms with van der Waals surface area (Å²) in [7, 11) is 0. The monoisotopic (exact) mass is 206 g/mol. The van der Waals surface area contributed by atoms with Gasteiger partial charge in [0.05, 0.1) is 0 Å². The Balaban J connectivity index is 2.75. The predicted octanol–water partition coefficient (Wildman–Crippen LogP) is 3.13. The second-order valence-corrected chi connectivity index (χ2v) is 3.74. The third-order valence-corrected chi connectivity index (χ3v) is 2.59. The van der Waals surface area contributed by atoms with Gasteiger partial charge in [-0.3, -0.25) is 4.79 Å². The van der Waals surface area contributed by atoms with E-state index in [0.29, 0.717) is 0 Å². The molecule has 2 nitrogen and oxygen atoms in total. The molecule has 0 aliphatic carbocycles. The van der Waals surface area contributed by atoms with Gasteiger partial charge in [0.25, 0.3) is 0 Å². The minimum atomic E-state index is -0.211. The van der Waals surface area contributed by atoms with Crippen molar-refractivity contribution in [1.82, 2.24) is 0 Å². The molecule has 0 saturated heterocycles. The number of esters is 1. The van der Waals surface area contributed by atoms with E-state index in [4.69, 9.17) is 4.74 Å². The van der Waals surface area contributed by atoms with Crippen molar-refractivity contribution >= 4 is 5.97 Å². The average Bonchev–Trinajstić information content (AvgIpc) is 2.19. The van der Waals surface area contributed by atoms with E-state index < -0.39 is 0 Å². The van der Waals surface area contributed by atoms with Crippen molar-refractivity contribution in [2.75, 3.05) is 0 Å².